The summed E-state index contributed by atoms with van der Waals surface area (Å²) in [5, 5.41) is 14.2. The minimum atomic E-state index is -0.260. The number of thioether (sulfide) groups is 1. The third-order valence-electron chi connectivity index (χ3n) is 5.22. The third-order valence-corrected chi connectivity index (χ3v) is 6.65. The van der Waals surface area contributed by atoms with Crippen LogP contribution >= 0.6 is 11.8 Å². The fourth-order valence-electron chi connectivity index (χ4n) is 3.80. The standard InChI is InChI=1S/C19H24N4O2S/c20-18-19(25)23(13-3-1-7-21-10-13)11-15(22-18)14-9-12(5-6-16(14)24)17-4-2-8-26-17/h5-6,9,11,13,17,21,24H,1-4,7-8,10H2,(H2,20,22). The van der Waals surface area contributed by atoms with Gasteiger partial charge in [-0.1, -0.05) is 6.07 Å². The minimum absolute atomic E-state index is 0.0203. The predicted octanol–water partition coefficient (Wildman–Crippen LogP) is 2.69. The Balaban J connectivity index is 1.76. The third kappa shape index (κ3) is 3.33. The maximum absolute atomic E-state index is 12.5. The van der Waals surface area contributed by atoms with E-state index in [4.69, 9.17) is 5.73 Å². The molecule has 2 aromatic rings. The Hall–Kier alpha value is -1.99. The molecule has 0 radical (unpaired) electrons. The summed E-state index contributed by atoms with van der Waals surface area (Å²) >= 11 is 1.95. The van der Waals surface area contributed by atoms with E-state index in [1.807, 2.05) is 23.9 Å². The number of nitrogen functional groups attached to an aromatic ring is 1. The molecule has 2 aliphatic heterocycles. The second-order valence-corrected chi connectivity index (χ2v) is 8.31. The molecule has 2 unspecified atom stereocenters. The van der Waals surface area contributed by atoms with Crippen molar-refractivity contribution in [3.8, 4) is 17.0 Å². The van der Waals surface area contributed by atoms with Gasteiger partial charge in [-0.05, 0) is 55.7 Å². The number of nitrogens with two attached hydrogens (primary N) is 1. The van der Waals surface area contributed by atoms with Crippen LogP contribution in [-0.4, -0.2) is 33.5 Å². The quantitative estimate of drug-likeness (QED) is 0.767. The summed E-state index contributed by atoms with van der Waals surface area (Å²) in [6.07, 6.45) is 6.07. The first-order valence-electron chi connectivity index (χ1n) is 9.18. The van der Waals surface area contributed by atoms with Crippen molar-refractivity contribution < 1.29 is 5.11 Å². The van der Waals surface area contributed by atoms with Crippen LogP contribution in [0.1, 0.15) is 42.5 Å². The molecule has 1 aromatic heterocycles. The van der Waals surface area contributed by atoms with Crippen molar-refractivity contribution in [2.24, 2.45) is 0 Å². The van der Waals surface area contributed by atoms with Crippen molar-refractivity contribution in [3.63, 3.8) is 0 Å². The SMILES string of the molecule is Nc1nc(-c2cc(C3CCCS3)ccc2O)cn(C2CCCNC2)c1=O. The lowest BCUT2D eigenvalue weighted by Gasteiger charge is -2.25. The number of aromatic nitrogens is 2. The number of hydrogen-bond donors (Lipinski definition) is 3. The maximum Gasteiger partial charge on any atom is 0.293 e. The molecule has 138 valence electrons. The smallest absolute Gasteiger partial charge is 0.293 e. The molecule has 1 aromatic carbocycles. The van der Waals surface area contributed by atoms with Crippen LogP contribution < -0.4 is 16.6 Å². The number of hydrogen-bond acceptors (Lipinski definition) is 6. The van der Waals surface area contributed by atoms with Gasteiger partial charge in [0.1, 0.15) is 5.75 Å². The highest BCUT2D eigenvalue weighted by Gasteiger charge is 2.22. The van der Waals surface area contributed by atoms with Crippen LogP contribution in [0.5, 0.6) is 5.75 Å². The number of phenolic OH excluding ortho intramolecular Hbond substituents is 1. The number of nitrogens with zero attached hydrogens (tertiary/aromatic N) is 2. The van der Waals surface area contributed by atoms with E-state index in [2.05, 4.69) is 10.3 Å². The summed E-state index contributed by atoms with van der Waals surface area (Å²) in [5.41, 5.74) is 8.05. The summed E-state index contributed by atoms with van der Waals surface area (Å²) in [5.74, 6) is 1.31. The molecule has 2 aliphatic rings. The number of anilines is 1. The Bertz CT molecular complexity index is 855. The number of piperidine rings is 1. The van der Waals surface area contributed by atoms with Gasteiger partial charge in [0.15, 0.2) is 5.82 Å². The molecule has 2 fully saturated rings. The topological polar surface area (TPSA) is 93.2 Å². The summed E-state index contributed by atoms with van der Waals surface area (Å²) in [6.45, 7) is 1.72. The number of nitrogens with one attached hydrogen (secondary N) is 1. The van der Waals surface area contributed by atoms with Crippen LogP contribution in [0.2, 0.25) is 0 Å². The van der Waals surface area contributed by atoms with Crippen LogP contribution in [0.25, 0.3) is 11.3 Å². The highest BCUT2D eigenvalue weighted by molar-refractivity contribution is 7.99. The number of aromatic hydroxyl groups is 1. The van der Waals surface area contributed by atoms with Crippen LogP contribution in [-0.2, 0) is 0 Å². The van der Waals surface area contributed by atoms with Crippen LogP contribution in [0.15, 0.2) is 29.2 Å². The lowest BCUT2D eigenvalue weighted by molar-refractivity contribution is 0.364. The van der Waals surface area contributed by atoms with Gasteiger partial charge in [0.2, 0.25) is 0 Å². The Morgan fingerprint density at radius 3 is 2.92 bits per heavy atom. The molecule has 0 amide bonds. The van der Waals surface area contributed by atoms with E-state index in [1.165, 1.54) is 17.7 Å². The van der Waals surface area contributed by atoms with Crippen molar-refractivity contribution in [1.82, 2.24) is 14.9 Å². The molecule has 0 bridgehead atoms. The fourth-order valence-corrected chi connectivity index (χ4v) is 5.09. The molecule has 2 atom stereocenters. The summed E-state index contributed by atoms with van der Waals surface area (Å²) in [7, 11) is 0. The zero-order valence-electron chi connectivity index (χ0n) is 14.6. The van der Waals surface area contributed by atoms with E-state index in [1.54, 1.807) is 16.8 Å². The monoisotopic (exact) mass is 372 g/mol. The number of phenols is 1. The molecule has 7 heteroatoms. The average Bonchev–Trinajstić information content (AvgIpc) is 3.20. The van der Waals surface area contributed by atoms with Gasteiger partial charge in [0.25, 0.3) is 5.56 Å². The average molecular weight is 372 g/mol. The van der Waals surface area contributed by atoms with E-state index in [0.29, 0.717) is 16.5 Å². The summed E-state index contributed by atoms with van der Waals surface area (Å²) < 4.78 is 1.68. The van der Waals surface area contributed by atoms with E-state index in [0.717, 1.165) is 32.4 Å². The number of benzene rings is 1. The van der Waals surface area contributed by atoms with Crippen molar-refractivity contribution in [2.45, 2.75) is 37.0 Å². The minimum Gasteiger partial charge on any atom is -0.507 e. The molecule has 4 rings (SSSR count). The van der Waals surface area contributed by atoms with Gasteiger partial charge >= 0.3 is 0 Å². The van der Waals surface area contributed by atoms with Crippen LogP contribution in [0.3, 0.4) is 0 Å². The van der Waals surface area contributed by atoms with Gasteiger partial charge in [-0.2, -0.15) is 11.8 Å². The first kappa shape index (κ1) is 17.4. The van der Waals surface area contributed by atoms with Crippen molar-refractivity contribution in [2.75, 3.05) is 24.6 Å². The first-order valence-corrected chi connectivity index (χ1v) is 10.2. The second-order valence-electron chi connectivity index (χ2n) is 7.00. The Kier molecular flexibility index (Phi) is 4.91. The summed E-state index contributed by atoms with van der Waals surface area (Å²) in [6, 6.07) is 5.76. The molecular weight excluding hydrogens is 348 g/mol. The molecular formula is C19H24N4O2S. The molecule has 3 heterocycles. The predicted molar refractivity (Wildman–Crippen MR) is 106 cm³/mol. The molecule has 26 heavy (non-hydrogen) atoms. The summed E-state index contributed by atoms with van der Waals surface area (Å²) in [4.78, 5) is 16.8. The molecule has 6 nitrogen and oxygen atoms in total. The Morgan fingerprint density at radius 1 is 1.31 bits per heavy atom. The lowest BCUT2D eigenvalue weighted by Crippen LogP contribution is -2.37. The Labute approximate surface area is 156 Å². The maximum atomic E-state index is 12.5. The zero-order valence-corrected chi connectivity index (χ0v) is 15.5. The Morgan fingerprint density at radius 2 is 2.19 bits per heavy atom. The van der Waals surface area contributed by atoms with Gasteiger partial charge in [-0.15, -0.1) is 0 Å². The van der Waals surface area contributed by atoms with Gasteiger partial charge in [-0.3, -0.25) is 4.79 Å². The van der Waals surface area contributed by atoms with Gasteiger partial charge < -0.3 is 20.7 Å². The second kappa shape index (κ2) is 7.32. The largest absolute Gasteiger partial charge is 0.507 e. The van der Waals surface area contributed by atoms with E-state index >= 15 is 0 Å². The van der Waals surface area contributed by atoms with Gasteiger partial charge in [0, 0.05) is 29.6 Å². The number of rotatable bonds is 3. The molecule has 2 saturated heterocycles. The zero-order chi connectivity index (χ0) is 18.1. The van der Waals surface area contributed by atoms with Crippen LogP contribution in [0, 0.1) is 0 Å². The highest BCUT2D eigenvalue weighted by Crippen LogP contribution is 2.42. The van der Waals surface area contributed by atoms with Crippen LogP contribution in [0.4, 0.5) is 5.82 Å². The normalized spacial score (nSPS) is 23.2. The van der Waals surface area contributed by atoms with Gasteiger partial charge in [-0.25, -0.2) is 4.98 Å². The first-order chi connectivity index (χ1) is 12.6. The highest BCUT2D eigenvalue weighted by atomic mass is 32.2. The van der Waals surface area contributed by atoms with E-state index < -0.39 is 0 Å². The van der Waals surface area contributed by atoms with Gasteiger partial charge in [0.05, 0.1) is 5.69 Å². The van der Waals surface area contributed by atoms with E-state index in [-0.39, 0.29) is 23.2 Å². The van der Waals surface area contributed by atoms with Crippen molar-refractivity contribution >= 4 is 17.6 Å². The van der Waals surface area contributed by atoms with Crippen molar-refractivity contribution in [1.29, 1.82) is 0 Å². The molecule has 0 saturated carbocycles. The fraction of sp³-hybridized carbons (Fsp3) is 0.474. The van der Waals surface area contributed by atoms with Crippen molar-refractivity contribution in [3.05, 3.63) is 40.3 Å². The molecule has 0 aliphatic carbocycles. The lowest BCUT2D eigenvalue weighted by atomic mass is 10.0. The van der Waals surface area contributed by atoms with E-state index in [9.17, 15) is 9.90 Å². The molecule has 0 spiro atoms. The molecule has 4 N–H and O–H groups in total.